The monoisotopic (exact) mass is 300 g/mol. The van der Waals surface area contributed by atoms with Crippen LogP contribution in [0, 0.1) is 0 Å². The van der Waals surface area contributed by atoms with Crippen molar-refractivity contribution in [3.05, 3.63) is 18.0 Å². The maximum atomic E-state index is 12.5. The van der Waals surface area contributed by atoms with Crippen molar-refractivity contribution in [2.45, 2.75) is 50.1 Å². The van der Waals surface area contributed by atoms with Crippen molar-refractivity contribution in [1.29, 1.82) is 0 Å². The zero-order chi connectivity index (χ0) is 15.1. The molecule has 1 aromatic rings. The second kappa shape index (κ2) is 5.21. The molecule has 1 N–H and O–H groups in total. The average Bonchev–Trinajstić information content (AvgIpc) is 3.14. The molecule has 20 heavy (non-hydrogen) atoms. The summed E-state index contributed by atoms with van der Waals surface area (Å²) in [7, 11) is -2.12. The summed E-state index contributed by atoms with van der Waals surface area (Å²) in [5.41, 5.74) is 0.0450. The molecule has 0 radical (unpaired) electrons. The molecule has 0 aromatic carbocycles. The molecule has 0 aliphatic heterocycles. The first-order chi connectivity index (χ1) is 9.28. The number of carboxylic acids is 1. The lowest BCUT2D eigenvalue weighted by molar-refractivity contribution is 0.0685. The van der Waals surface area contributed by atoms with E-state index in [1.54, 1.807) is 4.57 Å². The van der Waals surface area contributed by atoms with Gasteiger partial charge in [-0.3, -0.25) is 0 Å². The molecule has 112 valence electrons. The van der Waals surface area contributed by atoms with Gasteiger partial charge in [-0.1, -0.05) is 6.92 Å². The van der Waals surface area contributed by atoms with Crippen LogP contribution in [0.3, 0.4) is 0 Å². The Morgan fingerprint density at radius 2 is 2.15 bits per heavy atom. The number of carbonyl (C=O) groups is 1. The predicted octanol–water partition coefficient (Wildman–Crippen LogP) is 1.94. The molecule has 1 atom stereocenters. The third-order valence-corrected chi connectivity index (χ3v) is 5.81. The first kappa shape index (κ1) is 15.1. The lowest BCUT2D eigenvalue weighted by Gasteiger charge is -2.22. The molecule has 1 fully saturated rings. The smallest absolute Gasteiger partial charge is 0.352 e. The van der Waals surface area contributed by atoms with Crippen LogP contribution in [0.5, 0.6) is 0 Å². The zero-order valence-electron chi connectivity index (χ0n) is 11.9. The van der Waals surface area contributed by atoms with Gasteiger partial charge >= 0.3 is 5.97 Å². The first-order valence-electron chi connectivity index (χ1n) is 6.72. The Labute approximate surface area is 119 Å². The van der Waals surface area contributed by atoms with Crippen molar-refractivity contribution in [2.24, 2.45) is 0 Å². The van der Waals surface area contributed by atoms with Gasteiger partial charge in [0.2, 0.25) is 10.0 Å². The second-order valence-corrected chi connectivity index (χ2v) is 7.28. The summed E-state index contributed by atoms with van der Waals surface area (Å²) < 4.78 is 27.8. The molecule has 7 heteroatoms. The Morgan fingerprint density at radius 3 is 2.60 bits per heavy atom. The minimum absolute atomic E-state index is 0.0450. The molecule has 0 saturated heterocycles. The molecule has 2 rings (SSSR count). The van der Waals surface area contributed by atoms with Crippen molar-refractivity contribution < 1.29 is 18.3 Å². The van der Waals surface area contributed by atoms with Crippen molar-refractivity contribution in [2.75, 3.05) is 7.05 Å². The fourth-order valence-electron chi connectivity index (χ4n) is 2.08. The summed E-state index contributed by atoms with van der Waals surface area (Å²) in [6.45, 7) is 3.74. The van der Waals surface area contributed by atoms with Gasteiger partial charge in [0, 0.05) is 25.3 Å². The van der Waals surface area contributed by atoms with Crippen molar-refractivity contribution >= 4 is 16.0 Å². The van der Waals surface area contributed by atoms with Gasteiger partial charge in [0.05, 0.1) is 0 Å². The van der Waals surface area contributed by atoms with Crippen LogP contribution in [0.2, 0.25) is 0 Å². The fraction of sp³-hybridized carbons (Fsp3) is 0.615. The van der Waals surface area contributed by atoms with Crippen LogP contribution in [0.25, 0.3) is 0 Å². The lowest BCUT2D eigenvalue weighted by atomic mass is 10.3. The Balaban J connectivity index is 2.42. The SMILES string of the molecule is CCC(C)N(C)S(=O)(=O)c1cc(C(=O)O)n(C2CC2)c1. The number of hydrogen-bond acceptors (Lipinski definition) is 3. The van der Waals surface area contributed by atoms with Gasteiger partial charge in [-0.05, 0) is 32.3 Å². The van der Waals surface area contributed by atoms with Gasteiger partial charge in [-0.2, -0.15) is 4.31 Å². The highest BCUT2D eigenvalue weighted by molar-refractivity contribution is 7.89. The summed E-state index contributed by atoms with van der Waals surface area (Å²) in [6.07, 6.45) is 3.95. The molecule has 1 aliphatic carbocycles. The van der Waals surface area contributed by atoms with E-state index in [1.807, 2.05) is 13.8 Å². The Hall–Kier alpha value is -1.34. The van der Waals surface area contributed by atoms with E-state index in [4.69, 9.17) is 0 Å². The van der Waals surface area contributed by atoms with Crippen molar-refractivity contribution in [3.8, 4) is 0 Å². The standard InChI is InChI=1S/C13H20N2O4S/c1-4-9(2)14(3)20(18,19)11-7-12(13(16)17)15(8-11)10-5-6-10/h7-10H,4-6H2,1-3H3,(H,16,17). The lowest BCUT2D eigenvalue weighted by Crippen LogP contribution is -2.34. The van der Waals surface area contributed by atoms with E-state index in [-0.39, 0.29) is 22.7 Å². The van der Waals surface area contributed by atoms with E-state index in [1.165, 1.54) is 23.6 Å². The Kier molecular flexibility index (Phi) is 3.93. The summed E-state index contributed by atoms with van der Waals surface area (Å²) in [4.78, 5) is 11.3. The third-order valence-electron chi connectivity index (χ3n) is 3.87. The molecule has 1 aromatic heterocycles. The van der Waals surface area contributed by atoms with Crippen LogP contribution < -0.4 is 0 Å². The van der Waals surface area contributed by atoms with Gasteiger partial charge in [0.1, 0.15) is 10.6 Å². The zero-order valence-corrected chi connectivity index (χ0v) is 12.7. The Morgan fingerprint density at radius 1 is 1.55 bits per heavy atom. The first-order valence-corrected chi connectivity index (χ1v) is 8.16. The summed E-state index contributed by atoms with van der Waals surface area (Å²) in [5, 5.41) is 9.19. The number of sulfonamides is 1. The molecular weight excluding hydrogens is 280 g/mol. The second-order valence-electron chi connectivity index (χ2n) is 5.28. The van der Waals surface area contributed by atoms with Crippen LogP contribution in [0.15, 0.2) is 17.2 Å². The van der Waals surface area contributed by atoms with E-state index in [0.29, 0.717) is 6.42 Å². The van der Waals surface area contributed by atoms with Crippen LogP contribution in [0.4, 0.5) is 0 Å². The van der Waals surface area contributed by atoms with Gasteiger partial charge in [-0.25, -0.2) is 13.2 Å². The fourth-order valence-corrected chi connectivity index (χ4v) is 3.54. The van der Waals surface area contributed by atoms with E-state index in [2.05, 4.69) is 0 Å². The van der Waals surface area contributed by atoms with E-state index >= 15 is 0 Å². The largest absolute Gasteiger partial charge is 0.477 e. The van der Waals surface area contributed by atoms with Crippen LogP contribution in [-0.4, -0.2) is 41.5 Å². The quantitative estimate of drug-likeness (QED) is 0.870. The van der Waals surface area contributed by atoms with Crippen LogP contribution >= 0.6 is 0 Å². The number of nitrogens with zero attached hydrogens (tertiary/aromatic N) is 2. The number of carboxylic acid groups (broad SMARTS) is 1. The molecule has 1 aliphatic rings. The van der Waals surface area contributed by atoms with Gasteiger partial charge in [-0.15, -0.1) is 0 Å². The van der Waals surface area contributed by atoms with E-state index < -0.39 is 16.0 Å². The topological polar surface area (TPSA) is 79.6 Å². The van der Waals surface area contributed by atoms with Crippen LogP contribution in [0.1, 0.15) is 49.6 Å². The predicted molar refractivity (Wildman–Crippen MR) is 74.4 cm³/mol. The summed E-state index contributed by atoms with van der Waals surface area (Å²) >= 11 is 0. The highest BCUT2D eigenvalue weighted by atomic mass is 32.2. The number of hydrogen-bond donors (Lipinski definition) is 1. The maximum absolute atomic E-state index is 12.5. The number of aromatic nitrogens is 1. The van der Waals surface area contributed by atoms with E-state index in [9.17, 15) is 18.3 Å². The molecule has 1 heterocycles. The molecule has 0 spiro atoms. The molecule has 0 amide bonds. The Bertz CT molecular complexity index is 616. The van der Waals surface area contributed by atoms with Crippen molar-refractivity contribution in [1.82, 2.24) is 8.87 Å². The molecule has 1 saturated carbocycles. The van der Waals surface area contributed by atoms with Crippen molar-refractivity contribution in [3.63, 3.8) is 0 Å². The number of rotatable bonds is 6. The maximum Gasteiger partial charge on any atom is 0.352 e. The highest BCUT2D eigenvalue weighted by Crippen LogP contribution is 2.37. The summed E-state index contributed by atoms with van der Waals surface area (Å²) in [6, 6.07) is 1.26. The average molecular weight is 300 g/mol. The minimum atomic E-state index is -3.64. The minimum Gasteiger partial charge on any atom is -0.477 e. The van der Waals surface area contributed by atoms with Gasteiger partial charge < -0.3 is 9.67 Å². The molecule has 6 nitrogen and oxygen atoms in total. The molecule has 0 bridgehead atoms. The molecular formula is C13H20N2O4S. The number of aromatic carboxylic acids is 1. The third kappa shape index (κ3) is 2.60. The highest BCUT2D eigenvalue weighted by Gasteiger charge is 2.32. The van der Waals surface area contributed by atoms with Crippen LogP contribution in [-0.2, 0) is 10.0 Å². The van der Waals surface area contributed by atoms with Gasteiger partial charge in [0.15, 0.2) is 0 Å². The summed E-state index contributed by atoms with van der Waals surface area (Å²) in [5.74, 6) is -1.09. The van der Waals surface area contributed by atoms with E-state index in [0.717, 1.165) is 12.8 Å². The molecule has 1 unspecified atom stereocenters. The normalized spacial score (nSPS) is 17.4. The van der Waals surface area contributed by atoms with Gasteiger partial charge in [0.25, 0.3) is 0 Å².